The van der Waals surface area contributed by atoms with Gasteiger partial charge in [-0.1, -0.05) is 12.1 Å². The molecule has 0 aliphatic heterocycles. The van der Waals surface area contributed by atoms with Gasteiger partial charge in [0.15, 0.2) is 0 Å². The molecule has 0 aromatic heterocycles. The van der Waals surface area contributed by atoms with E-state index in [-0.39, 0.29) is 6.61 Å². The van der Waals surface area contributed by atoms with Crippen LogP contribution in [0.4, 0.5) is 4.39 Å². The zero-order valence-corrected chi connectivity index (χ0v) is 9.39. The van der Waals surface area contributed by atoms with Gasteiger partial charge in [-0.3, -0.25) is 0 Å². The largest absolute Gasteiger partial charge is 0.489 e. The fraction of sp³-hybridized carbons (Fsp3) is 0.400. The molecule has 14 heavy (non-hydrogen) atoms. The lowest BCUT2D eigenvalue weighted by Crippen LogP contribution is -2.07. The Labute approximate surface area is 91.4 Å². The van der Waals surface area contributed by atoms with Gasteiger partial charge in [0.2, 0.25) is 0 Å². The van der Waals surface area contributed by atoms with Crippen molar-refractivity contribution in [1.29, 1.82) is 0 Å². The summed E-state index contributed by atoms with van der Waals surface area (Å²) in [5.74, 6) is 0.704. The van der Waals surface area contributed by atoms with Crippen molar-refractivity contribution >= 4 is 15.9 Å². The Morgan fingerprint density at radius 1 is 1.43 bits per heavy atom. The molecule has 0 radical (unpaired) electrons. The molecule has 0 heterocycles. The van der Waals surface area contributed by atoms with Crippen LogP contribution >= 0.6 is 15.9 Å². The van der Waals surface area contributed by atoms with Gasteiger partial charge in [-0.05, 0) is 40.5 Å². The summed E-state index contributed by atoms with van der Waals surface area (Å²) in [5.41, 5.74) is 6.47. The van der Waals surface area contributed by atoms with Crippen LogP contribution in [0.3, 0.4) is 0 Å². The van der Waals surface area contributed by atoms with E-state index in [4.69, 9.17) is 10.5 Å². The van der Waals surface area contributed by atoms with E-state index in [9.17, 15) is 4.39 Å². The smallest absolute Gasteiger partial charge is 0.136 e. The number of para-hydroxylation sites is 1. The Morgan fingerprint density at radius 2 is 2.21 bits per heavy atom. The summed E-state index contributed by atoms with van der Waals surface area (Å²) in [5, 5.41) is 0. The van der Waals surface area contributed by atoms with E-state index in [1.165, 1.54) is 0 Å². The van der Waals surface area contributed by atoms with E-state index in [1.807, 2.05) is 18.2 Å². The first-order valence-corrected chi connectivity index (χ1v) is 5.25. The van der Waals surface area contributed by atoms with E-state index < -0.39 is 6.67 Å². The molecule has 0 unspecified atom stereocenters. The molecule has 0 atom stereocenters. The maximum atomic E-state index is 12.0. The lowest BCUT2D eigenvalue weighted by Gasteiger charge is -2.11. The molecular formula is C10H13BrFNO. The van der Waals surface area contributed by atoms with Gasteiger partial charge >= 0.3 is 0 Å². The average Bonchev–Trinajstić information content (AvgIpc) is 2.18. The van der Waals surface area contributed by atoms with Crippen LogP contribution < -0.4 is 10.5 Å². The van der Waals surface area contributed by atoms with Crippen molar-refractivity contribution in [3.63, 3.8) is 0 Å². The van der Waals surface area contributed by atoms with E-state index in [1.54, 1.807) is 0 Å². The standard InChI is InChI=1S/C10H13BrFNO/c11-9-3-1-2-8(4-6-13)10(9)14-7-5-12/h1-3H,4-7,13H2. The summed E-state index contributed by atoms with van der Waals surface area (Å²) in [4.78, 5) is 0. The number of alkyl halides is 1. The third-order valence-corrected chi connectivity index (χ3v) is 2.41. The SMILES string of the molecule is NCCc1cccc(Br)c1OCCF. The second-order valence-corrected chi connectivity index (χ2v) is 3.66. The second-order valence-electron chi connectivity index (χ2n) is 2.80. The highest BCUT2D eigenvalue weighted by Gasteiger charge is 2.06. The van der Waals surface area contributed by atoms with Crippen molar-refractivity contribution < 1.29 is 9.13 Å². The molecule has 1 rings (SSSR count). The van der Waals surface area contributed by atoms with Crippen LogP contribution in [-0.2, 0) is 6.42 Å². The third kappa shape index (κ3) is 2.96. The molecule has 1 aromatic rings. The van der Waals surface area contributed by atoms with E-state index >= 15 is 0 Å². The van der Waals surface area contributed by atoms with E-state index in [0.717, 1.165) is 16.5 Å². The fourth-order valence-corrected chi connectivity index (χ4v) is 1.73. The molecule has 1 aromatic carbocycles. The van der Waals surface area contributed by atoms with Crippen molar-refractivity contribution in [2.75, 3.05) is 19.8 Å². The number of rotatable bonds is 5. The van der Waals surface area contributed by atoms with Crippen molar-refractivity contribution in [2.24, 2.45) is 5.73 Å². The fourth-order valence-electron chi connectivity index (χ4n) is 1.21. The number of nitrogens with two attached hydrogens (primary N) is 1. The first-order valence-electron chi connectivity index (χ1n) is 4.45. The van der Waals surface area contributed by atoms with Crippen molar-refractivity contribution in [3.8, 4) is 5.75 Å². The summed E-state index contributed by atoms with van der Waals surface area (Å²) in [7, 11) is 0. The molecule has 4 heteroatoms. The molecule has 0 aliphatic rings. The maximum Gasteiger partial charge on any atom is 0.136 e. The molecule has 0 amide bonds. The lowest BCUT2D eigenvalue weighted by atomic mass is 10.1. The molecule has 2 nitrogen and oxygen atoms in total. The average molecular weight is 262 g/mol. The summed E-state index contributed by atoms with van der Waals surface area (Å²) >= 11 is 3.36. The summed E-state index contributed by atoms with van der Waals surface area (Å²) < 4.78 is 18.1. The minimum absolute atomic E-state index is 0.0835. The number of halogens is 2. The quantitative estimate of drug-likeness (QED) is 0.883. The van der Waals surface area contributed by atoms with E-state index in [0.29, 0.717) is 12.3 Å². The topological polar surface area (TPSA) is 35.2 Å². The number of ether oxygens (including phenoxy) is 1. The Bertz CT molecular complexity index is 293. The number of benzene rings is 1. The first-order chi connectivity index (χ1) is 6.79. The maximum absolute atomic E-state index is 12.0. The normalized spacial score (nSPS) is 10.2. The Morgan fingerprint density at radius 3 is 2.86 bits per heavy atom. The van der Waals surface area contributed by atoms with E-state index in [2.05, 4.69) is 15.9 Å². The molecule has 0 saturated carbocycles. The molecule has 0 spiro atoms. The minimum Gasteiger partial charge on any atom is -0.489 e. The molecule has 2 N–H and O–H groups in total. The monoisotopic (exact) mass is 261 g/mol. The lowest BCUT2D eigenvalue weighted by molar-refractivity contribution is 0.269. The van der Waals surface area contributed by atoms with Crippen LogP contribution in [0.2, 0.25) is 0 Å². The number of hydrogen-bond acceptors (Lipinski definition) is 2. The zero-order chi connectivity index (χ0) is 10.4. The zero-order valence-electron chi connectivity index (χ0n) is 7.80. The summed E-state index contributed by atoms with van der Waals surface area (Å²) in [6.45, 7) is 0.159. The Balaban J connectivity index is 2.84. The second kappa shape index (κ2) is 5.98. The van der Waals surface area contributed by atoms with Crippen LogP contribution in [0.5, 0.6) is 5.75 Å². The molecule has 0 bridgehead atoms. The molecular weight excluding hydrogens is 249 g/mol. The van der Waals surface area contributed by atoms with Gasteiger partial charge in [0.25, 0.3) is 0 Å². The minimum atomic E-state index is -0.483. The van der Waals surface area contributed by atoms with Crippen molar-refractivity contribution in [1.82, 2.24) is 0 Å². The predicted octanol–water partition coefficient (Wildman–Crippen LogP) is 2.30. The van der Waals surface area contributed by atoms with Crippen molar-refractivity contribution in [2.45, 2.75) is 6.42 Å². The van der Waals surface area contributed by atoms with Crippen molar-refractivity contribution in [3.05, 3.63) is 28.2 Å². The number of hydrogen-bond donors (Lipinski definition) is 1. The van der Waals surface area contributed by atoms with Gasteiger partial charge in [0.1, 0.15) is 19.0 Å². The van der Waals surface area contributed by atoms with Gasteiger partial charge < -0.3 is 10.5 Å². The van der Waals surface area contributed by atoms with Gasteiger partial charge in [-0.25, -0.2) is 4.39 Å². The molecule has 0 fully saturated rings. The highest BCUT2D eigenvalue weighted by atomic mass is 79.9. The van der Waals surface area contributed by atoms with Gasteiger partial charge in [-0.2, -0.15) is 0 Å². The molecule has 0 saturated heterocycles. The third-order valence-electron chi connectivity index (χ3n) is 1.79. The van der Waals surface area contributed by atoms with Crippen LogP contribution in [0, 0.1) is 0 Å². The van der Waals surface area contributed by atoms with Gasteiger partial charge in [-0.15, -0.1) is 0 Å². The van der Waals surface area contributed by atoms with Crippen LogP contribution in [-0.4, -0.2) is 19.8 Å². The van der Waals surface area contributed by atoms with Crippen LogP contribution in [0.1, 0.15) is 5.56 Å². The highest BCUT2D eigenvalue weighted by Crippen LogP contribution is 2.29. The highest BCUT2D eigenvalue weighted by molar-refractivity contribution is 9.10. The summed E-state index contributed by atoms with van der Waals surface area (Å²) in [6.07, 6.45) is 0.737. The first kappa shape index (κ1) is 11.5. The molecule has 78 valence electrons. The Hall–Kier alpha value is -0.610. The Kier molecular flexibility index (Phi) is 4.90. The van der Waals surface area contributed by atoms with Crippen LogP contribution in [0.15, 0.2) is 22.7 Å². The predicted molar refractivity (Wildman–Crippen MR) is 58.4 cm³/mol. The molecule has 0 aliphatic carbocycles. The van der Waals surface area contributed by atoms with Gasteiger partial charge in [0.05, 0.1) is 4.47 Å². The summed E-state index contributed by atoms with van der Waals surface area (Å²) in [6, 6.07) is 5.72. The van der Waals surface area contributed by atoms with Crippen LogP contribution in [0.25, 0.3) is 0 Å². The van der Waals surface area contributed by atoms with Gasteiger partial charge in [0, 0.05) is 0 Å².